The molecule has 0 atom stereocenters. The van der Waals surface area contributed by atoms with Crippen LogP contribution in [0, 0.1) is 12.3 Å². The molecule has 3 heterocycles. The number of morpholine rings is 1. The number of carbonyl (C=O) groups excluding carboxylic acids is 2. The maximum Gasteiger partial charge on any atom is 0.270 e. The number of nitrogens with one attached hydrogen (secondary N) is 1. The summed E-state index contributed by atoms with van der Waals surface area (Å²) in [6.45, 7) is 10.0. The molecule has 0 spiro atoms. The predicted molar refractivity (Wildman–Crippen MR) is 122 cm³/mol. The smallest absolute Gasteiger partial charge is 0.270 e. The number of aromatic hydroxyl groups is 1. The molecule has 178 valence electrons. The second kappa shape index (κ2) is 8.66. The zero-order valence-electron chi connectivity index (χ0n) is 19.6. The molecule has 2 N–H and O–H groups in total. The van der Waals surface area contributed by atoms with Gasteiger partial charge in [0, 0.05) is 37.3 Å². The van der Waals surface area contributed by atoms with E-state index in [4.69, 9.17) is 4.74 Å². The number of rotatable bonds is 5. The molecule has 0 unspecified atom stereocenters. The number of nitrogens with zero attached hydrogens (tertiary/aromatic N) is 4. The normalized spacial score (nSPS) is 17.2. The first-order valence-corrected chi connectivity index (χ1v) is 11.3. The minimum atomic E-state index is -0.600. The van der Waals surface area contributed by atoms with Crippen LogP contribution in [0.2, 0.25) is 0 Å². The molecule has 0 radical (unpaired) electrons. The highest BCUT2D eigenvalue weighted by Gasteiger charge is 2.31. The highest BCUT2D eigenvalue weighted by molar-refractivity contribution is 5.97. The van der Waals surface area contributed by atoms with Gasteiger partial charge in [0.25, 0.3) is 11.5 Å². The number of aryl methyl sites for hydroxylation is 1. The number of aromatic nitrogens is 3. The third-order valence-corrected chi connectivity index (χ3v) is 5.71. The van der Waals surface area contributed by atoms with Gasteiger partial charge in [-0.05, 0) is 31.3 Å². The van der Waals surface area contributed by atoms with Crippen LogP contribution in [0.15, 0.2) is 10.9 Å². The van der Waals surface area contributed by atoms with Crippen molar-refractivity contribution >= 4 is 23.5 Å². The summed E-state index contributed by atoms with van der Waals surface area (Å²) in [5.74, 6) is -1.26. The van der Waals surface area contributed by atoms with Gasteiger partial charge < -0.3 is 20.1 Å². The number of amides is 2. The van der Waals surface area contributed by atoms with E-state index in [2.05, 4.69) is 10.4 Å². The zero-order valence-corrected chi connectivity index (χ0v) is 19.6. The van der Waals surface area contributed by atoms with Gasteiger partial charge in [-0.25, -0.2) is 0 Å². The van der Waals surface area contributed by atoms with Crippen molar-refractivity contribution < 1.29 is 19.4 Å². The van der Waals surface area contributed by atoms with E-state index in [-0.39, 0.29) is 22.9 Å². The van der Waals surface area contributed by atoms with E-state index in [1.807, 2.05) is 20.8 Å². The van der Waals surface area contributed by atoms with Crippen LogP contribution in [0.1, 0.15) is 55.2 Å². The fraction of sp³-hybridized carbons (Fsp3) is 0.565. The lowest BCUT2D eigenvalue weighted by molar-refractivity contribution is -0.129. The van der Waals surface area contributed by atoms with E-state index in [9.17, 15) is 19.5 Å². The van der Waals surface area contributed by atoms with Crippen molar-refractivity contribution in [1.29, 1.82) is 0 Å². The Morgan fingerprint density at radius 2 is 1.91 bits per heavy atom. The molecule has 10 heteroatoms. The van der Waals surface area contributed by atoms with Crippen LogP contribution >= 0.6 is 0 Å². The largest absolute Gasteiger partial charge is 0.492 e. The molecule has 2 fully saturated rings. The third-order valence-electron chi connectivity index (χ3n) is 5.71. The van der Waals surface area contributed by atoms with Gasteiger partial charge in [0.05, 0.1) is 18.9 Å². The van der Waals surface area contributed by atoms with Crippen molar-refractivity contribution in [3.8, 4) is 5.88 Å². The summed E-state index contributed by atoms with van der Waals surface area (Å²) in [5, 5.41) is 18.1. The van der Waals surface area contributed by atoms with Gasteiger partial charge in [-0.1, -0.05) is 20.8 Å². The van der Waals surface area contributed by atoms with Crippen LogP contribution in [0.4, 0.5) is 0 Å². The van der Waals surface area contributed by atoms with Crippen molar-refractivity contribution in [2.24, 2.45) is 5.41 Å². The molecule has 2 aliphatic rings. The molecule has 1 saturated carbocycles. The number of carbonyl (C=O) groups is 2. The summed E-state index contributed by atoms with van der Waals surface area (Å²) in [6.07, 6.45) is 4.79. The lowest BCUT2D eigenvalue weighted by atomic mass is 9.96. The second-order valence-electron chi connectivity index (χ2n) is 9.90. The van der Waals surface area contributed by atoms with Crippen LogP contribution < -0.4 is 10.9 Å². The van der Waals surface area contributed by atoms with Crippen LogP contribution in [-0.4, -0.2) is 68.3 Å². The van der Waals surface area contributed by atoms with Gasteiger partial charge in [0.15, 0.2) is 5.56 Å². The highest BCUT2D eigenvalue weighted by Crippen LogP contribution is 2.27. The molecular formula is C23H31N5O5. The van der Waals surface area contributed by atoms with Gasteiger partial charge >= 0.3 is 0 Å². The topological polar surface area (TPSA) is 118 Å². The van der Waals surface area contributed by atoms with E-state index in [1.54, 1.807) is 17.9 Å². The lowest BCUT2D eigenvalue weighted by Gasteiger charge is -2.25. The van der Waals surface area contributed by atoms with Crippen molar-refractivity contribution in [2.75, 3.05) is 26.3 Å². The first-order chi connectivity index (χ1) is 15.6. The molecule has 4 rings (SSSR count). The van der Waals surface area contributed by atoms with E-state index < -0.39 is 17.3 Å². The molecule has 33 heavy (non-hydrogen) atoms. The summed E-state index contributed by atoms with van der Waals surface area (Å²) in [6, 6.07) is 0.0344. The van der Waals surface area contributed by atoms with Crippen molar-refractivity contribution in [3.63, 3.8) is 0 Å². The lowest BCUT2D eigenvalue weighted by Crippen LogP contribution is -2.39. The third kappa shape index (κ3) is 4.80. The van der Waals surface area contributed by atoms with Gasteiger partial charge in [-0.2, -0.15) is 9.61 Å². The Morgan fingerprint density at radius 3 is 2.52 bits per heavy atom. The van der Waals surface area contributed by atoms with Crippen LogP contribution in [-0.2, 0) is 16.1 Å². The fourth-order valence-corrected chi connectivity index (χ4v) is 3.91. The first kappa shape index (κ1) is 23.0. The SMILES string of the molecule is Cc1nn2c(O)c(C(=O)NC3CC3)c(=O)n(CC(C)(C)C)c2c1C=CC(=O)N1CCOCC1. The van der Waals surface area contributed by atoms with Gasteiger partial charge in [-0.3, -0.25) is 19.0 Å². The van der Waals surface area contributed by atoms with Crippen molar-refractivity contribution in [3.05, 3.63) is 33.3 Å². The molecule has 1 aliphatic carbocycles. The average Bonchev–Trinajstić information content (AvgIpc) is 3.50. The summed E-state index contributed by atoms with van der Waals surface area (Å²) in [5.41, 5.74) is 0.219. The Labute approximate surface area is 191 Å². The number of hydrogen-bond donors (Lipinski definition) is 2. The minimum absolute atomic E-state index is 0.0344. The molecule has 0 aromatic carbocycles. The molecule has 1 aliphatic heterocycles. The quantitative estimate of drug-likeness (QED) is 0.654. The molecule has 1 saturated heterocycles. The maximum absolute atomic E-state index is 13.5. The Kier molecular flexibility index (Phi) is 6.04. The van der Waals surface area contributed by atoms with E-state index in [0.717, 1.165) is 12.8 Å². The van der Waals surface area contributed by atoms with E-state index in [0.29, 0.717) is 49.8 Å². The monoisotopic (exact) mass is 457 g/mol. The van der Waals surface area contributed by atoms with Gasteiger partial charge in [-0.15, -0.1) is 0 Å². The summed E-state index contributed by atoms with van der Waals surface area (Å²) in [4.78, 5) is 40.6. The number of fused-ring (bicyclic) bond motifs is 1. The summed E-state index contributed by atoms with van der Waals surface area (Å²) in [7, 11) is 0. The minimum Gasteiger partial charge on any atom is -0.492 e. The molecule has 2 aromatic rings. The molecule has 0 bridgehead atoms. The summed E-state index contributed by atoms with van der Waals surface area (Å²) < 4.78 is 7.99. The van der Waals surface area contributed by atoms with Crippen LogP contribution in [0.3, 0.4) is 0 Å². The van der Waals surface area contributed by atoms with Crippen LogP contribution in [0.25, 0.3) is 11.7 Å². The molecular weight excluding hydrogens is 426 g/mol. The molecule has 2 amide bonds. The Morgan fingerprint density at radius 1 is 1.24 bits per heavy atom. The predicted octanol–water partition coefficient (Wildman–Crippen LogP) is 1.32. The van der Waals surface area contributed by atoms with Gasteiger partial charge in [0.1, 0.15) is 5.65 Å². The van der Waals surface area contributed by atoms with Gasteiger partial charge in [0.2, 0.25) is 11.8 Å². The van der Waals surface area contributed by atoms with E-state index in [1.165, 1.54) is 15.2 Å². The Bertz CT molecular complexity index is 1180. The standard InChI is InChI=1S/C23H31N5O5/c1-14-16(7-8-17(29)26-9-11-33-12-10-26)20-27(13-23(2,3)4)21(31)18(22(32)28(20)25-14)19(30)24-15-5-6-15/h7-8,15,32H,5-6,9-13H2,1-4H3,(H,24,30). The van der Waals surface area contributed by atoms with Crippen molar-refractivity contribution in [1.82, 2.24) is 24.4 Å². The average molecular weight is 458 g/mol. The Balaban J connectivity index is 1.83. The maximum atomic E-state index is 13.5. The highest BCUT2D eigenvalue weighted by atomic mass is 16.5. The summed E-state index contributed by atoms with van der Waals surface area (Å²) >= 11 is 0. The first-order valence-electron chi connectivity index (χ1n) is 11.3. The van der Waals surface area contributed by atoms with E-state index >= 15 is 0 Å². The zero-order chi connectivity index (χ0) is 23.9. The molecule has 2 aromatic heterocycles. The molecule has 10 nitrogen and oxygen atoms in total. The van der Waals surface area contributed by atoms with Crippen LogP contribution in [0.5, 0.6) is 5.88 Å². The fourth-order valence-electron chi connectivity index (χ4n) is 3.91. The van der Waals surface area contributed by atoms with Crippen molar-refractivity contribution in [2.45, 2.75) is 53.1 Å². The number of ether oxygens (including phenoxy) is 1. The Hall–Kier alpha value is -3.14. The second-order valence-corrected chi connectivity index (χ2v) is 9.90. The number of hydrogen-bond acceptors (Lipinski definition) is 6.